The predicted octanol–water partition coefficient (Wildman–Crippen LogP) is 13.9. The van der Waals surface area contributed by atoms with Crippen LogP contribution >= 0.6 is 0 Å². The lowest BCUT2D eigenvalue weighted by Crippen LogP contribution is -2.31. The minimum atomic E-state index is -0.0467. The van der Waals surface area contributed by atoms with Gasteiger partial charge in [0.2, 0.25) is 0 Å². The first kappa shape index (κ1) is 52.4. The van der Waals surface area contributed by atoms with Gasteiger partial charge in [0.25, 0.3) is 0 Å². The number of rotatable bonds is 41. The molecule has 0 unspecified atom stereocenters. The van der Waals surface area contributed by atoms with Gasteiger partial charge in [0, 0.05) is 12.8 Å². The lowest BCUT2D eigenvalue weighted by molar-refractivity contribution is -0.151. The Bertz CT molecular complexity index is 833. The highest BCUT2D eigenvalue weighted by molar-refractivity contribution is 5.72. The van der Waals surface area contributed by atoms with E-state index in [0.29, 0.717) is 44.4 Å². The molecule has 1 heterocycles. The minimum absolute atomic E-state index is 0.0202. The number of carbonyl (C=O) groups is 3. The summed E-state index contributed by atoms with van der Waals surface area (Å²) in [5.74, 6) is 1.32. The molecule has 0 spiro atoms. The van der Waals surface area contributed by atoms with Crippen molar-refractivity contribution in [3.8, 4) is 0 Å². The van der Waals surface area contributed by atoms with E-state index in [1.807, 2.05) is 0 Å². The minimum Gasteiger partial charge on any atom is -0.466 e. The summed E-state index contributed by atoms with van der Waals surface area (Å²) in [5, 5.41) is 0. The van der Waals surface area contributed by atoms with Crippen LogP contribution in [0.3, 0.4) is 0 Å². The fourth-order valence-electron chi connectivity index (χ4n) is 8.32. The van der Waals surface area contributed by atoms with Gasteiger partial charge in [0.05, 0.1) is 19.8 Å². The Balaban J connectivity index is 2.17. The summed E-state index contributed by atoms with van der Waals surface area (Å²) in [5.41, 5.74) is 0. The third-order valence-electron chi connectivity index (χ3n) is 12.1. The summed E-state index contributed by atoms with van der Waals surface area (Å²) in [4.78, 5) is 39.5. The van der Waals surface area contributed by atoms with Gasteiger partial charge in [0.1, 0.15) is 6.10 Å². The van der Waals surface area contributed by atoms with Crippen LogP contribution in [0.1, 0.15) is 246 Å². The van der Waals surface area contributed by atoms with Gasteiger partial charge < -0.3 is 14.2 Å². The normalized spacial score (nSPS) is 13.3. The molecule has 0 atom stereocenters. The molecule has 0 N–H and O–H groups in total. The molecule has 1 rings (SSSR count). The van der Waals surface area contributed by atoms with E-state index in [9.17, 15) is 14.4 Å². The molecule has 1 fully saturated rings. The average Bonchev–Trinajstić information content (AvgIpc) is 3.70. The predicted molar refractivity (Wildman–Crippen MR) is 235 cm³/mol. The topological polar surface area (TPSA) is 82.1 Å². The van der Waals surface area contributed by atoms with E-state index >= 15 is 0 Å². The van der Waals surface area contributed by atoms with Crippen molar-refractivity contribution in [1.29, 1.82) is 0 Å². The van der Waals surface area contributed by atoms with Crippen molar-refractivity contribution in [2.45, 2.75) is 252 Å². The number of hydrogen-bond acceptors (Lipinski definition) is 7. The van der Waals surface area contributed by atoms with Gasteiger partial charge in [-0.1, -0.05) is 169 Å². The van der Waals surface area contributed by atoms with Crippen molar-refractivity contribution in [2.75, 3.05) is 32.8 Å². The van der Waals surface area contributed by atoms with Crippen molar-refractivity contribution < 1.29 is 28.6 Å². The largest absolute Gasteiger partial charge is 0.466 e. The van der Waals surface area contributed by atoms with Gasteiger partial charge in [-0.05, 0) is 89.1 Å². The van der Waals surface area contributed by atoms with Crippen LogP contribution in [0.4, 0.5) is 0 Å². The Morgan fingerprint density at radius 1 is 0.429 bits per heavy atom. The molecule has 1 aliphatic heterocycles. The molecule has 330 valence electrons. The molecular weight excluding hydrogens is 699 g/mol. The molecular formula is C49H93NO6. The van der Waals surface area contributed by atoms with Gasteiger partial charge in [-0.25, -0.2) is 0 Å². The van der Waals surface area contributed by atoms with Crippen LogP contribution < -0.4 is 0 Å². The first-order chi connectivity index (χ1) is 27.4. The Kier molecular flexibility index (Phi) is 36.4. The molecule has 7 nitrogen and oxygen atoms in total. The van der Waals surface area contributed by atoms with Crippen molar-refractivity contribution in [3.05, 3.63) is 0 Å². The summed E-state index contributed by atoms with van der Waals surface area (Å²) >= 11 is 0. The first-order valence-corrected chi connectivity index (χ1v) is 24.6. The van der Waals surface area contributed by atoms with Crippen LogP contribution in [-0.4, -0.2) is 61.8 Å². The Morgan fingerprint density at radius 3 is 1.16 bits per heavy atom. The third kappa shape index (κ3) is 32.3. The Morgan fingerprint density at radius 2 is 0.786 bits per heavy atom. The fourth-order valence-corrected chi connectivity index (χ4v) is 8.32. The van der Waals surface area contributed by atoms with Gasteiger partial charge in [0.15, 0.2) is 0 Å². The number of hydrogen-bond donors (Lipinski definition) is 0. The first-order valence-electron chi connectivity index (χ1n) is 24.6. The second-order valence-corrected chi connectivity index (χ2v) is 17.4. The highest BCUT2D eigenvalue weighted by Crippen LogP contribution is 2.22. The van der Waals surface area contributed by atoms with E-state index in [0.717, 1.165) is 77.3 Å². The summed E-state index contributed by atoms with van der Waals surface area (Å²) in [6.07, 6.45) is 38.3. The molecule has 0 amide bonds. The zero-order valence-corrected chi connectivity index (χ0v) is 37.7. The molecule has 0 radical (unpaired) electrons. The lowest BCUT2D eigenvalue weighted by atomic mass is 9.93. The third-order valence-corrected chi connectivity index (χ3v) is 12.1. The number of likely N-dealkylation sites (tertiary alicyclic amines) is 1. The van der Waals surface area contributed by atoms with E-state index in [4.69, 9.17) is 14.2 Å². The van der Waals surface area contributed by atoms with Crippen LogP contribution in [0.25, 0.3) is 0 Å². The van der Waals surface area contributed by atoms with E-state index in [1.165, 1.54) is 141 Å². The maximum atomic E-state index is 12.8. The van der Waals surface area contributed by atoms with Crippen molar-refractivity contribution in [3.63, 3.8) is 0 Å². The zero-order chi connectivity index (χ0) is 40.7. The van der Waals surface area contributed by atoms with Gasteiger partial charge in [-0.3, -0.25) is 19.3 Å². The highest BCUT2D eigenvalue weighted by Gasteiger charge is 2.20. The number of unbranched alkanes of at least 4 members (excludes halogenated alkanes) is 16. The molecule has 56 heavy (non-hydrogen) atoms. The summed E-state index contributed by atoms with van der Waals surface area (Å²) in [6, 6.07) is 0. The van der Waals surface area contributed by atoms with Gasteiger partial charge in [-0.15, -0.1) is 0 Å². The zero-order valence-electron chi connectivity index (χ0n) is 37.7. The highest BCUT2D eigenvalue weighted by atomic mass is 16.5. The van der Waals surface area contributed by atoms with E-state index in [2.05, 4.69) is 32.6 Å². The summed E-state index contributed by atoms with van der Waals surface area (Å²) in [7, 11) is 0. The Hall–Kier alpha value is -1.63. The molecule has 0 saturated carbocycles. The van der Waals surface area contributed by atoms with Crippen molar-refractivity contribution >= 4 is 17.9 Å². The second kappa shape index (κ2) is 38.9. The molecule has 0 aromatic rings. The molecule has 0 aliphatic carbocycles. The van der Waals surface area contributed by atoms with Crippen LogP contribution in [0, 0.1) is 11.8 Å². The van der Waals surface area contributed by atoms with Crippen molar-refractivity contribution in [1.82, 2.24) is 4.90 Å². The summed E-state index contributed by atoms with van der Waals surface area (Å²) < 4.78 is 17.2. The Labute approximate surface area is 347 Å². The second-order valence-electron chi connectivity index (χ2n) is 17.4. The molecule has 0 bridgehead atoms. The summed E-state index contributed by atoms with van der Waals surface area (Å²) in [6.45, 7) is 12.6. The lowest BCUT2D eigenvalue weighted by Gasteiger charge is -2.20. The SMILES string of the molecule is CCCCC(CCCC)CCOC(=O)CCCCCCCCCC(CCCCCCCCCC(=O)OCCC(CCCC)CCCC)OC(=O)CN1CCCC1. The number of carbonyl (C=O) groups excluding carboxylic acids is 3. The van der Waals surface area contributed by atoms with Gasteiger partial charge in [-0.2, -0.15) is 0 Å². The molecule has 0 aromatic heterocycles. The van der Waals surface area contributed by atoms with E-state index in [-0.39, 0.29) is 24.0 Å². The molecule has 0 aromatic carbocycles. The van der Waals surface area contributed by atoms with Crippen LogP contribution in [0.5, 0.6) is 0 Å². The van der Waals surface area contributed by atoms with Crippen LogP contribution in [-0.2, 0) is 28.6 Å². The van der Waals surface area contributed by atoms with Crippen molar-refractivity contribution in [2.24, 2.45) is 11.8 Å². The fraction of sp³-hybridized carbons (Fsp3) is 0.939. The van der Waals surface area contributed by atoms with E-state index in [1.54, 1.807) is 0 Å². The van der Waals surface area contributed by atoms with Gasteiger partial charge >= 0.3 is 17.9 Å². The van der Waals surface area contributed by atoms with Crippen LogP contribution in [0.2, 0.25) is 0 Å². The maximum absolute atomic E-state index is 12.8. The van der Waals surface area contributed by atoms with Crippen LogP contribution in [0.15, 0.2) is 0 Å². The molecule has 1 saturated heterocycles. The van der Waals surface area contributed by atoms with E-state index < -0.39 is 0 Å². The number of esters is 3. The number of ether oxygens (including phenoxy) is 3. The molecule has 1 aliphatic rings. The maximum Gasteiger partial charge on any atom is 0.320 e. The quantitative estimate of drug-likeness (QED) is 0.0346. The standard InChI is InChI=1S/C49H93NO6/c1-5-9-29-44(30-10-6-2)37-41-54-47(51)35-25-21-17-13-15-19-23-33-46(56-49(53)43-50-39-27-28-40-50)34-24-20-16-14-18-22-26-36-48(52)55-42-38-45(31-11-7-3)32-12-8-4/h44-46H,5-43H2,1-4H3. The number of nitrogens with zero attached hydrogens (tertiary/aromatic N) is 1. The smallest absolute Gasteiger partial charge is 0.320 e. The average molecular weight is 792 g/mol. The monoisotopic (exact) mass is 792 g/mol. The molecule has 7 heteroatoms.